The quantitative estimate of drug-likeness (QED) is 0.832. The topological polar surface area (TPSA) is 67.2 Å². The average molecular weight is 308 g/mol. The summed E-state index contributed by atoms with van der Waals surface area (Å²) in [5.41, 5.74) is 0.0979. The van der Waals surface area contributed by atoms with E-state index in [1.165, 1.54) is 11.8 Å². The van der Waals surface area contributed by atoms with Gasteiger partial charge in [-0.25, -0.2) is 4.98 Å². The largest absolute Gasteiger partial charge is 0.356 e. The first kappa shape index (κ1) is 14.4. The Kier molecular flexibility index (Phi) is 3.93. The molecule has 0 saturated carbocycles. The number of hydrogen-bond donors (Lipinski definition) is 1. The number of nitrogens with zero attached hydrogens (tertiary/aromatic N) is 3. The molecule has 2 aliphatic heterocycles. The van der Waals surface area contributed by atoms with Crippen molar-refractivity contribution in [2.24, 2.45) is 12.5 Å². The lowest BCUT2D eigenvalue weighted by molar-refractivity contribution is -0.130. The summed E-state index contributed by atoms with van der Waals surface area (Å²) < 4.78 is 1.92. The summed E-state index contributed by atoms with van der Waals surface area (Å²) in [6, 6.07) is 0. The number of hydrogen-bond acceptors (Lipinski definition) is 4. The molecular weight excluding hydrogens is 288 g/mol. The van der Waals surface area contributed by atoms with Gasteiger partial charge in [-0.3, -0.25) is 9.59 Å². The zero-order chi connectivity index (χ0) is 14.9. The van der Waals surface area contributed by atoms with Crippen LogP contribution in [0.2, 0.25) is 0 Å². The first-order chi connectivity index (χ1) is 10.1. The molecule has 1 spiro atoms. The van der Waals surface area contributed by atoms with Crippen molar-refractivity contribution >= 4 is 23.6 Å². The number of amides is 2. The number of piperidine rings is 1. The van der Waals surface area contributed by atoms with Crippen molar-refractivity contribution < 1.29 is 9.59 Å². The van der Waals surface area contributed by atoms with E-state index in [1.54, 1.807) is 6.20 Å². The molecule has 7 heteroatoms. The molecule has 21 heavy (non-hydrogen) atoms. The Morgan fingerprint density at radius 2 is 2.24 bits per heavy atom. The van der Waals surface area contributed by atoms with Gasteiger partial charge in [-0.2, -0.15) is 0 Å². The zero-order valence-corrected chi connectivity index (χ0v) is 13.0. The number of nitrogens with one attached hydrogen (secondary N) is 1. The third kappa shape index (κ3) is 3.07. The van der Waals surface area contributed by atoms with E-state index in [0.29, 0.717) is 12.2 Å². The predicted molar refractivity (Wildman–Crippen MR) is 79.8 cm³/mol. The Morgan fingerprint density at radius 3 is 2.81 bits per heavy atom. The van der Waals surface area contributed by atoms with E-state index in [0.717, 1.165) is 37.6 Å². The fourth-order valence-corrected chi connectivity index (χ4v) is 3.88. The molecule has 2 aliphatic rings. The van der Waals surface area contributed by atoms with Crippen LogP contribution in [0.5, 0.6) is 0 Å². The minimum Gasteiger partial charge on any atom is -0.356 e. The Balaban J connectivity index is 1.49. The second-order valence-electron chi connectivity index (χ2n) is 5.94. The molecule has 0 bridgehead atoms. The number of aromatic nitrogens is 2. The van der Waals surface area contributed by atoms with Crippen molar-refractivity contribution in [3.63, 3.8) is 0 Å². The van der Waals surface area contributed by atoms with Crippen molar-refractivity contribution in [1.29, 1.82) is 0 Å². The van der Waals surface area contributed by atoms with Gasteiger partial charge in [0.25, 0.3) is 0 Å². The Bertz CT molecular complexity index is 549. The van der Waals surface area contributed by atoms with E-state index >= 15 is 0 Å². The number of rotatable bonds is 3. The van der Waals surface area contributed by atoms with Crippen LogP contribution in [0.3, 0.4) is 0 Å². The van der Waals surface area contributed by atoms with Gasteiger partial charge < -0.3 is 14.8 Å². The number of likely N-dealkylation sites (tertiary alicyclic amines) is 1. The van der Waals surface area contributed by atoms with Crippen LogP contribution >= 0.6 is 11.8 Å². The van der Waals surface area contributed by atoms with Gasteiger partial charge in [0.2, 0.25) is 11.8 Å². The molecule has 0 radical (unpaired) electrons. The van der Waals surface area contributed by atoms with Crippen molar-refractivity contribution in [3.05, 3.63) is 12.4 Å². The Labute approximate surface area is 128 Å². The number of aryl methyl sites for hydroxylation is 1. The maximum Gasteiger partial charge on any atom is 0.233 e. The zero-order valence-electron chi connectivity index (χ0n) is 12.2. The van der Waals surface area contributed by atoms with Gasteiger partial charge >= 0.3 is 0 Å². The summed E-state index contributed by atoms with van der Waals surface area (Å²) in [5, 5.41) is 3.78. The van der Waals surface area contributed by atoms with Gasteiger partial charge in [0.15, 0.2) is 5.16 Å². The molecule has 1 N–H and O–H groups in total. The highest BCUT2D eigenvalue weighted by molar-refractivity contribution is 7.99. The number of carbonyl (C=O) groups excluding carboxylic acids is 2. The SMILES string of the molecule is Cn1ccnc1SCC(=O)N1CCC2(CC1)CNC(=O)C2. The van der Waals surface area contributed by atoms with E-state index in [2.05, 4.69) is 10.3 Å². The van der Waals surface area contributed by atoms with Gasteiger partial charge in [-0.05, 0) is 18.3 Å². The molecule has 2 saturated heterocycles. The van der Waals surface area contributed by atoms with Crippen molar-refractivity contribution in [1.82, 2.24) is 19.8 Å². The Morgan fingerprint density at radius 1 is 1.48 bits per heavy atom. The van der Waals surface area contributed by atoms with Crippen LogP contribution in [-0.2, 0) is 16.6 Å². The number of thioether (sulfide) groups is 1. The molecule has 1 aromatic heterocycles. The van der Waals surface area contributed by atoms with Crippen LogP contribution in [0.4, 0.5) is 0 Å². The summed E-state index contributed by atoms with van der Waals surface area (Å²) in [4.78, 5) is 29.8. The molecule has 3 rings (SSSR count). The maximum atomic E-state index is 12.3. The molecule has 1 aromatic rings. The van der Waals surface area contributed by atoms with E-state index in [4.69, 9.17) is 0 Å². The lowest BCUT2D eigenvalue weighted by atomic mass is 9.78. The standard InChI is InChI=1S/C14H20N4O2S/c1-17-7-4-15-13(17)21-9-12(20)18-5-2-14(3-6-18)8-11(19)16-10-14/h4,7H,2-3,5-6,8-10H2,1H3,(H,16,19). The molecule has 114 valence electrons. The third-order valence-electron chi connectivity index (χ3n) is 4.47. The van der Waals surface area contributed by atoms with Gasteiger partial charge in [0.05, 0.1) is 5.75 Å². The van der Waals surface area contributed by atoms with Crippen molar-refractivity contribution in [3.8, 4) is 0 Å². The lowest BCUT2D eigenvalue weighted by Gasteiger charge is -2.38. The van der Waals surface area contributed by atoms with Crippen LogP contribution in [0, 0.1) is 5.41 Å². The second-order valence-corrected chi connectivity index (χ2v) is 6.89. The van der Waals surface area contributed by atoms with Gasteiger partial charge in [0.1, 0.15) is 0 Å². The molecule has 0 atom stereocenters. The van der Waals surface area contributed by atoms with E-state index < -0.39 is 0 Å². The summed E-state index contributed by atoms with van der Waals surface area (Å²) in [6.45, 7) is 2.29. The van der Waals surface area contributed by atoms with Crippen LogP contribution in [0.25, 0.3) is 0 Å². The fraction of sp³-hybridized carbons (Fsp3) is 0.643. The van der Waals surface area contributed by atoms with Crippen LogP contribution in [0.1, 0.15) is 19.3 Å². The molecule has 0 aliphatic carbocycles. The van der Waals surface area contributed by atoms with Crippen LogP contribution < -0.4 is 5.32 Å². The van der Waals surface area contributed by atoms with E-state index in [-0.39, 0.29) is 17.2 Å². The minimum atomic E-state index is 0.0979. The summed E-state index contributed by atoms with van der Waals surface area (Å²) in [5.74, 6) is 0.741. The highest BCUT2D eigenvalue weighted by atomic mass is 32.2. The highest BCUT2D eigenvalue weighted by Gasteiger charge is 2.41. The summed E-state index contributed by atoms with van der Waals surface area (Å²) >= 11 is 1.47. The maximum absolute atomic E-state index is 12.3. The van der Waals surface area contributed by atoms with Crippen LogP contribution in [-0.4, -0.2) is 51.7 Å². The number of imidazole rings is 1. The Hall–Kier alpha value is -1.50. The van der Waals surface area contributed by atoms with Crippen molar-refractivity contribution in [2.75, 3.05) is 25.4 Å². The fourth-order valence-electron chi connectivity index (χ4n) is 3.04. The van der Waals surface area contributed by atoms with Gasteiger partial charge in [-0.1, -0.05) is 11.8 Å². The lowest BCUT2D eigenvalue weighted by Crippen LogP contribution is -2.44. The normalized spacial score (nSPS) is 20.8. The monoisotopic (exact) mass is 308 g/mol. The van der Waals surface area contributed by atoms with E-state index in [1.807, 2.05) is 22.7 Å². The summed E-state index contributed by atoms with van der Waals surface area (Å²) in [7, 11) is 1.93. The molecular formula is C14H20N4O2S. The van der Waals surface area contributed by atoms with Gasteiger partial charge in [-0.15, -0.1) is 0 Å². The molecule has 0 aromatic carbocycles. The smallest absolute Gasteiger partial charge is 0.233 e. The minimum absolute atomic E-state index is 0.0979. The second kappa shape index (κ2) is 5.71. The molecule has 3 heterocycles. The summed E-state index contributed by atoms with van der Waals surface area (Å²) in [6.07, 6.45) is 6.08. The predicted octanol–water partition coefficient (Wildman–Crippen LogP) is 0.641. The molecule has 6 nitrogen and oxygen atoms in total. The molecule has 2 amide bonds. The van der Waals surface area contributed by atoms with Gasteiger partial charge in [0, 0.05) is 45.5 Å². The molecule has 2 fully saturated rings. The first-order valence-electron chi connectivity index (χ1n) is 7.23. The van der Waals surface area contributed by atoms with Crippen LogP contribution in [0.15, 0.2) is 17.6 Å². The average Bonchev–Trinajstić information content (AvgIpc) is 3.04. The highest BCUT2D eigenvalue weighted by Crippen LogP contribution is 2.37. The first-order valence-corrected chi connectivity index (χ1v) is 8.21. The van der Waals surface area contributed by atoms with E-state index in [9.17, 15) is 9.59 Å². The third-order valence-corrected chi connectivity index (χ3v) is 5.52. The molecule has 0 unspecified atom stereocenters. The van der Waals surface area contributed by atoms with Crippen molar-refractivity contribution in [2.45, 2.75) is 24.4 Å². The number of carbonyl (C=O) groups is 2.